The number of rotatable bonds is 2. The molecule has 2 rings (SSSR count). The molecule has 0 aromatic carbocycles. The number of primary amides is 1. The topological polar surface area (TPSA) is 99.6 Å². The molecule has 0 aliphatic heterocycles. The standard InChI is InChI=1S/C7H6N6O/c8-5(14)6-11-4-13(12-6)7-9-2-1-3-10-7/h1-4H,(H2,8,14). The molecule has 1 amide bonds. The fourth-order valence-electron chi connectivity index (χ4n) is 0.882. The molecule has 0 saturated carbocycles. The largest absolute Gasteiger partial charge is 0.363 e. The molecule has 2 aromatic rings. The van der Waals surface area contributed by atoms with Crippen molar-refractivity contribution in [1.29, 1.82) is 0 Å². The predicted octanol–water partition coefficient (Wildman–Crippen LogP) is -0.844. The van der Waals surface area contributed by atoms with Crippen LogP contribution in [0.25, 0.3) is 5.95 Å². The normalized spacial score (nSPS) is 10.0. The van der Waals surface area contributed by atoms with Crippen molar-refractivity contribution < 1.29 is 4.79 Å². The zero-order valence-corrected chi connectivity index (χ0v) is 7.03. The summed E-state index contributed by atoms with van der Waals surface area (Å²) in [5.74, 6) is -0.398. The summed E-state index contributed by atoms with van der Waals surface area (Å²) in [5, 5.41) is 3.79. The van der Waals surface area contributed by atoms with Crippen molar-refractivity contribution in [3.05, 3.63) is 30.6 Å². The Bertz CT molecular complexity index is 450. The van der Waals surface area contributed by atoms with Crippen LogP contribution in [0, 0.1) is 0 Å². The summed E-state index contributed by atoms with van der Waals surface area (Å²) in [7, 11) is 0. The van der Waals surface area contributed by atoms with Crippen molar-refractivity contribution in [3.63, 3.8) is 0 Å². The first-order valence-corrected chi connectivity index (χ1v) is 3.76. The summed E-state index contributed by atoms with van der Waals surface area (Å²) in [4.78, 5) is 22.2. The molecule has 7 nitrogen and oxygen atoms in total. The molecule has 0 atom stereocenters. The molecule has 7 heteroatoms. The van der Waals surface area contributed by atoms with E-state index in [0.29, 0.717) is 5.95 Å². The van der Waals surface area contributed by atoms with Gasteiger partial charge in [0.05, 0.1) is 0 Å². The van der Waals surface area contributed by atoms with Crippen LogP contribution in [0.2, 0.25) is 0 Å². The fraction of sp³-hybridized carbons (Fsp3) is 0. The summed E-state index contributed by atoms with van der Waals surface area (Å²) in [5.41, 5.74) is 4.99. The number of hydrogen-bond donors (Lipinski definition) is 1. The highest BCUT2D eigenvalue weighted by molar-refractivity contribution is 5.88. The van der Waals surface area contributed by atoms with Gasteiger partial charge in [-0.3, -0.25) is 4.79 Å². The highest BCUT2D eigenvalue weighted by atomic mass is 16.1. The van der Waals surface area contributed by atoms with Crippen molar-refractivity contribution in [2.75, 3.05) is 0 Å². The molecule has 2 aromatic heterocycles. The van der Waals surface area contributed by atoms with Gasteiger partial charge < -0.3 is 5.73 Å². The third kappa shape index (κ3) is 1.42. The van der Waals surface area contributed by atoms with Gasteiger partial charge in [-0.15, -0.1) is 5.10 Å². The van der Waals surface area contributed by atoms with Gasteiger partial charge in [0.15, 0.2) is 0 Å². The Morgan fingerprint density at radius 3 is 2.57 bits per heavy atom. The molecule has 14 heavy (non-hydrogen) atoms. The lowest BCUT2D eigenvalue weighted by molar-refractivity contribution is 0.0990. The van der Waals surface area contributed by atoms with Gasteiger partial charge in [-0.1, -0.05) is 0 Å². The van der Waals surface area contributed by atoms with E-state index in [1.807, 2.05) is 0 Å². The first-order chi connectivity index (χ1) is 6.77. The van der Waals surface area contributed by atoms with E-state index < -0.39 is 5.91 Å². The van der Waals surface area contributed by atoms with Crippen LogP contribution in [0.5, 0.6) is 0 Å². The summed E-state index contributed by atoms with van der Waals surface area (Å²) >= 11 is 0. The molecule has 0 bridgehead atoms. The molecule has 0 radical (unpaired) electrons. The second kappa shape index (κ2) is 3.21. The Morgan fingerprint density at radius 1 is 1.29 bits per heavy atom. The molecule has 0 saturated heterocycles. The van der Waals surface area contributed by atoms with E-state index >= 15 is 0 Å². The van der Waals surface area contributed by atoms with E-state index in [9.17, 15) is 4.79 Å². The summed E-state index contributed by atoms with van der Waals surface area (Å²) < 4.78 is 1.28. The maximum Gasteiger partial charge on any atom is 0.288 e. The average molecular weight is 190 g/mol. The zero-order chi connectivity index (χ0) is 9.97. The number of amides is 1. The SMILES string of the molecule is NC(=O)c1ncn(-c2ncccn2)n1. The minimum Gasteiger partial charge on any atom is -0.363 e. The zero-order valence-electron chi connectivity index (χ0n) is 7.03. The first kappa shape index (κ1) is 8.30. The highest BCUT2D eigenvalue weighted by Crippen LogP contribution is 1.96. The van der Waals surface area contributed by atoms with Crippen LogP contribution in [-0.2, 0) is 0 Å². The summed E-state index contributed by atoms with van der Waals surface area (Å²) in [6.07, 6.45) is 4.46. The monoisotopic (exact) mass is 190 g/mol. The minimum atomic E-state index is -0.681. The van der Waals surface area contributed by atoms with E-state index in [0.717, 1.165) is 0 Å². The lowest BCUT2D eigenvalue weighted by Crippen LogP contribution is -2.13. The molecule has 0 fully saturated rings. The highest BCUT2D eigenvalue weighted by Gasteiger charge is 2.08. The number of nitrogens with zero attached hydrogens (tertiary/aromatic N) is 5. The Hall–Kier alpha value is -2.31. The van der Waals surface area contributed by atoms with Gasteiger partial charge in [-0.25, -0.2) is 15.0 Å². The molecule has 0 unspecified atom stereocenters. The predicted molar refractivity (Wildman–Crippen MR) is 45.5 cm³/mol. The van der Waals surface area contributed by atoms with Crippen LogP contribution in [0.4, 0.5) is 0 Å². The van der Waals surface area contributed by atoms with Gasteiger partial charge in [0.25, 0.3) is 11.9 Å². The smallest absolute Gasteiger partial charge is 0.288 e. The second-order valence-corrected chi connectivity index (χ2v) is 2.43. The van der Waals surface area contributed by atoms with Gasteiger partial charge in [-0.05, 0) is 6.07 Å². The van der Waals surface area contributed by atoms with Gasteiger partial charge in [0, 0.05) is 12.4 Å². The Kier molecular flexibility index (Phi) is 1.90. The van der Waals surface area contributed by atoms with Crippen molar-refractivity contribution in [2.24, 2.45) is 5.73 Å². The molecule has 2 N–H and O–H groups in total. The van der Waals surface area contributed by atoms with E-state index in [4.69, 9.17) is 5.73 Å². The number of carbonyl (C=O) groups excluding carboxylic acids is 1. The van der Waals surface area contributed by atoms with Crippen molar-refractivity contribution >= 4 is 5.91 Å². The third-order valence-electron chi connectivity index (χ3n) is 1.47. The first-order valence-electron chi connectivity index (χ1n) is 3.76. The van der Waals surface area contributed by atoms with E-state index in [-0.39, 0.29) is 5.82 Å². The van der Waals surface area contributed by atoms with Crippen LogP contribution >= 0.6 is 0 Å². The van der Waals surface area contributed by atoms with Gasteiger partial charge >= 0.3 is 0 Å². The maximum absolute atomic E-state index is 10.7. The van der Waals surface area contributed by atoms with Crippen molar-refractivity contribution in [2.45, 2.75) is 0 Å². The van der Waals surface area contributed by atoms with Gasteiger partial charge in [-0.2, -0.15) is 4.68 Å². The van der Waals surface area contributed by atoms with Crippen LogP contribution in [0.3, 0.4) is 0 Å². The van der Waals surface area contributed by atoms with E-state index in [1.54, 1.807) is 18.5 Å². The summed E-state index contributed by atoms with van der Waals surface area (Å²) in [6, 6.07) is 1.68. The van der Waals surface area contributed by atoms with Gasteiger partial charge in [0.2, 0.25) is 5.82 Å². The van der Waals surface area contributed by atoms with Crippen molar-refractivity contribution in [3.8, 4) is 5.95 Å². The lowest BCUT2D eigenvalue weighted by atomic mass is 10.6. The maximum atomic E-state index is 10.7. The number of aromatic nitrogens is 5. The molecular formula is C7H6N6O. The fourth-order valence-corrected chi connectivity index (χ4v) is 0.882. The van der Waals surface area contributed by atoms with E-state index in [1.165, 1.54) is 11.0 Å². The molecule has 0 spiro atoms. The number of hydrogen-bond acceptors (Lipinski definition) is 5. The molecule has 2 heterocycles. The molecule has 0 aliphatic rings. The van der Waals surface area contributed by atoms with Crippen LogP contribution in [0.1, 0.15) is 10.6 Å². The average Bonchev–Trinajstić information content (AvgIpc) is 2.68. The quantitative estimate of drug-likeness (QED) is 0.665. The Morgan fingerprint density at radius 2 is 2.00 bits per heavy atom. The Labute approximate surface area is 78.6 Å². The molecule has 0 aliphatic carbocycles. The van der Waals surface area contributed by atoms with Crippen LogP contribution in [0.15, 0.2) is 24.8 Å². The third-order valence-corrected chi connectivity index (χ3v) is 1.47. The second-order valence-electron chi connectivity index (χ2n) is 2.43. The number of nitrogens with two attached hydrogens (primary N) is 1. The molecule has 70 valence electrons. The lowest BCUT2D eigenvalue weighted by Gasteiger charge is -1.94. The summed E-state index contributed by atoms with van der Waals surface area (Å²) in [6.45, 7) is 0. The minimum absolute atomic E-state index is 0.0579. The van der Waals surface area contributed by atoms with Gasteiger partial charge in [0.1, 0.15) is 6.33 Å². The number of carbonyl (C=O) groups is 1. The van der Waals surface area contributed by atoms with E-state index in [2.05, 4.69) is 20.1 Å². The molecular weight excluding hydrogens is 184 g/mol. The van der Waals surface area contributed by atoms with Crippen LogP contribution in [-0.4, -0.2) is 30.6 Å². The van der Waals surface area contributed by atoms with Crippen molar-refractivity contribution in [1.82, 2.24) is 24.7 Å². The Balaban J connectivity index is 2.39. The van der Waals surface area contributed by atoms with Crippen LogP contribution < -0.4 is 5.73 Å².